The Morgan fingerprint density at radius 2 is 1.13 bits per heavy atom. The summed E-state index contributed by atoms with van der Waals surface area (Å²) >= 11 is 0. The van der Waals surface area contributed by atoms with Gasteiger partial charge in [0, 0.05) is 12.1 Å². The van der Waals surface area contributed by atoms with E-state index in [2.05, 4.69) is 68.8 Å². The van der Waals surface area contributed by atoms with E-state index >= 15 is 0 Å². The van der Waals surface area contributed by atoms with E-state index in [0.29, 0.717) is 23.9 Å². The van der Waals surface area contributed by atoms with Crippen molar-refractivity contribution in [3.63, 3.8) is 0 Å². The number of carbonyl (C=O) groups is 2. The molecule has 4 aromatic rings. The van der Waals surface area contributed by atoms with Crippen LogP contribution in [0.25, 0.3) is 33.6 Å². The number of likely N-dealkylation sites (tertiary alicyclic amines) is 2. The summed E-state index contributed by atoms with van der Waals surface area (Å²) in [5, 5.41) is 0. The molecule has 2 saturated heterocycles. The standard InChI is InChI=1S/C43H50N6O2P2/c1-24(52-3)42(50)48-36-11-7-5-9-28(36)20-38(48)40-44-22-34(46-40)26-13-15-32-30(17-26)19-31-18-27(14-16-33(31)32)35-23-45-41(47-35)39-21-29-10-6-8-12-37(29)49(39)43(51)25(2)53-4/h13-18,22-25,28-29,36-39H,3-12,19-21H2,1-2H3,(H,44,46)(H,45,47). The Morgan fingerprint density at radius 3 is 1.57 bits per heavy atom. The maximum absolute atomic E-state index is 13.6. The summed E-state index contributed by atoms with van der Waals surface area (Å²) in [5.74, 6) is 3.34. The third-order valence-electron chi connectivity index (χ3n) is 13.3. The van der Waals surface area contributed by atoms with Crippen molar-refractivity contribution in [2.75, 3.05) is 0 Å². The lowest BCUT2D eigenvalue weighted by atomic mass is 9.84. The second-order valence-corrected chi connectivity index (χ2v) is 18.5. The van der Waals surface area contributed by atoms with Gasteiger partial charge in [-0.1, -0.05) is 79.0 Å². The van der Waals surface area contributed by atoms with Crippen molar-refractivity contribution in [3.8, 4) is 33.6 Å². The van der Waals surface area contributed by atoms with E-state index < -0.39 is 0 Å². The van der Waals surface area contributed by atoms with Gasteiger partial charge in [0.1, 0.15) is 11.6 Å². The SMILES string of the molecule is C=PC(C)C(=O)N1C(c2ncc(-c3ccc4c(c3)Cc3cc(-c5cnc(C6CC7CCCCC7N6C(=O)C(C)P=C)[nH]5)ccc3-4)[nH]2)CC2CCCCC21. The summed E-state index contributed by atoms with van der Waals surface area (Å²) in [7, 11) is 1.74. The average Bonchev–Trinajstić information content (AvgIpc) is 4.03. The first-order chi connectivity index (χ1) is 25.8. The molecule has 9 rings (SSSR count). The number of nitrogens with zero attached hydrogens (tertiary/aromatic N) is 4. The number of H-pyrrole nitrogens is 2. The molecule has 2 aromatic carbocycles. The Labute approximate surface area is 316 Å². The normalized spacial score (nSPS) is 27.4. The molecule has 2 amide bonds. The lowest BCUT2D eigenvalue weighted by Crippen LogP contribution is -2.43. The van der Waals surface area contributed by atoms with Crippen molar-refractivity contribution < 1.29 is 9.59 Å². The highest BCUT2D eigenvalue weighted by Gasteiger charge is 2.48. The second kappa shape index (κ2) is 14.1. The number of aromatic amines is 2. The van der Waals surface area contributed by atoms with Crippen LogP contribution in [-0.4, -0.2) is 77.6 Å². The molecule has 4 heterocycles. The van der Waals surface area contributed by atoms with Gasteiger partial charge in [0.05, 0.1) is 47.2 Å². The third-order valence-corrected chi connectivity index (χ3v) is 14.8. The fourth-order valence-electron chi connectivity index (χ4n) is 10.5. The molecule has 2 N–H and O–H groups in total. The van der Waals surface area contributed by atoms with Crippen LogP contribution in [0.4, 0.5) is 0 Å². The molecular weight excluding hydrogens is 694 g/mol. The summed E-state index contributed by atoms with van der Waals surface area (Å²) in [4.78, 5) is 48.8. The number of amides is 2. The molecular formula is C43H50N6O2P2. The second-order valence-electron chi connectivity index (χ2n) is 16.2. The molecule has 2 aliphatic heterocycles. The predicted octanol–water partition coefficient (Wildman–Crippen LogP) is 9.24. The number of fused-ring (bicyclic) bond motifs is 5. The van der Waals surface area contributed by atoms with Crippen molar-refractivity contribution in [2.45, 2.75) is 120 Å². The van der Waals surface area contributed by atoms with Crippen LogP contribution in [0.2, 0.25) is 0 Å². The Hall–Kier alpha value is -3.86. The molecule has 3 aliphatic carbocycles. The van der Waals surface area contributed by atoms with Crippen molar-refractivity contribution in [1.82, 2.24) is 29.7 Å². The summed E-state index contributed by atoms with van der Waals surface area (Å²) in [6.45, 7) is 4.00. The lowest BCUT2D eigenvalue weighted by molar-refractivity contribution is -0.135. The zero-order valence-corrected chi connectivity index (χ0v) is 32.7. The Morgan fingerprint density at radius 1 is 0.698 bits per heavy atom. The molecule has 0 bridgehead atoms. The molecule has 274 valence electrons. The van der Waals surface area contributed by atoms with E-state index in [1.807, 2.05) is 26.2 Å². The van der Waals surface area contributed by atoms with Crippen molar-refractivity contribution >= 4 is 40.8 Å². The van der Waals surface area contributed by atoms with Crippen LogP contribution < -0.4 is 0 Å². The zero-order chi connectivity index (χ0) is 36.4. The van der Waals surface area contributed by atoms with Crippen LogP contribution in [-0.2, 0) is 16.0 Å². The quantitative estimate of drug-likeness (QED) is 0.155. The van der Waals surface area contributed by atoms with E-state index in [-0.39, 0.29) is 35.2 Å². The number of nitrogens with one attached hydrogen (secondary N) is 2. The van der Waals surface area contributed by atoms with Gasteiger partial charge in [0.25, 0.3) is 0 Å². The lowest BCUT2D eigenvalue weighted by Gasteiger charge is -2.34. The van der Waals surface area contributed by atoms with Crippen LogP contribution in [0.3, 0.4) is 0 Å². The van der Waals surface area contributed by atoms with E-state index in [4.69, 9.17) is 9.97 Å². The number of carbonyl (C=O) groups excluding carboxylic acids is 2. The van der Waals surface area contributed by atoms with Crippen LogP contribution in [0.1, 0.15) is 113 Å². The minimum Gasteiger partial charge on any atom is -0.340 e. The van der Waals surface area contributed by atoms with Gasteiger partial charge in [-0.25, -0.2) is 9.97 Å². The summed E-state index contributed by atoms with van der Waals surface area (Å²) in [5.41, 5.74) is 9.20. The maximum atomic E-state index is 13.6. The molecule has 10 heteroatoms. The van der Waals surface area contributed by atoms with E-state index in [9.17, 15) is 9.59 Å². The minimum atomic E-state index is -0.105. The molecule has 5 aliphatic rings. The van der Waals surface area contributed by atoms with Crippen molar-refractivity contribution in [1.29, 1.82) is 0 Å². The third kappa shape index (κ3) is 6.05. The molecule has 0 spiro atoms. The van der Waals surface area contributed by atoms with Crippen LogP contribution >= 0.6 is 16.4 Å². The minimum absolute atomic E-state index is 0.00751. The van der Waals surface area contributed by atoms with Crippen LogP contribution in [0, 0.1) is 11.8 Å². The topological polar surface area (TPSA) is 98.0 Å². The summed E-state index contributed by atoms with van der Waals surface area (Å²) < 4.78 is 0. The highest BCUT2D eigenvalue weighted by atomic mass is 31.1. The van der Waals surface area contributed by atoms with E-state index in [1.54, 1.807) is 0 Å². The first-order valence-electron chi connectivity index (χ1n) is 19.8. The van der Waals surface area contributed by atoms with Gasteiger partial charge in [0.15, 0.2) is 0 Å². The number of rotatable bonds is 8. The molecule has 0 radical (unpaired) electrons. The largest absolute Gasteiger partial charge is 0.340 e. The fourth-order valence-corrected chi connectivity index (χ4v) is 11.1. The van der Waals surface area contributed by atoms with Crippen LogP contribution in [0.5, 0.6) is 0 Å². The van der Waals surface area contributed by atoms with Gasteiger partial charge in [-0.2, -0.15) is 0 Å². The number of hydrogen-bond acceptors (Lipinski definition) is 4. The molecule has 8 nitrogen and oxygen atoms in total. The Kier molecular flexibility index (Phi) is 9.27. The van der Waals surface area contributed by atoms with E-state index in [0.717, 1.165) is 82.7 Å². The van der Waals surface area contributed by atoms with Crippen LogP contribution in [0.15, 0.2) is 48.8 Å². The monoisotopic (exact) mass is 744 g/mol. The molecule has 8 unspecified atom stereocenters. The van der Waals surface area contributed by atoms with E-state index in [1.165, 1.54) is 60.8 Å². The smallest absolute Gasteiger partial charge is 0.234 e. The zero-order valence-electron chi connectivity index (χ0n) is 30.9. The molecule has 53 heavy (non-hydrogen) atoms. The predicted molar refractivity (Wildman–Crippen MR) is 217 cm³/mol. The number of imidazole rings is 2. The maximum Gasteiger partial charge on any atom is 0.234 e. The van der Waals surface area contributed by atoms with Gasteiger partial charge >= 0.3 is 0 Å². The fraction of sp³-hybridized carbons (Fsp3) is 0.488. The van der Waals surface area contributed by atoms with Gasteiger partial charge in [0.2, 0.25) is 11.8 Å². The molecule has 4 fully saturated rings. The molecule has 2 aromatic heterocycles. The van der Waals surface area contributed by atoms with Crippen molar-refractivity contribution in [3.05, 3.63) is 71.6 Å². The summed E-state index contributed by atoms with van der Waals surface area (Å²) in [6, 6.07) is 14.1. The highest BCUT2D eigenvalue weighted by molar-refractivity contribution is 7.39. The number of aromatic nitrogens is 4. The Bertz CT molecular complexity index is 1940. The molecule has 2 saturated carbocycles. The van der Waals surface area contributed by atoms with Gasteiger partial charge < -0.3 is 19.8 Å². The average molecular weight is 745 g/mol. The van der Waals surface area contributed by atoms with Crippen molar-refractivity contribution in [2.24, 2.45) is 11.8 Å². The van der Waals surface area contributed by atoms with Gasteiger partial charge in [-0.05, 0) is 116 Å². The first kappa shape index (κ1) is 34.9. The molecule has 8 atom stereocenters. The van der Waals surface area contributed by atoms with Gasteiger partial charge in [-0.3, -0.25) is 9.59 Å². The van der Waals surface area contributed by atoms with Gasteiger partial charge in [-0.15, -0.1) is 0 Å². The number of hydrogen-bond donors (Lipinski definition) is 2. The number of benzene rings is 2. The first-order valence-corrected chi connectivity index (χ1v) is 22.1. The Balaban J connectivity index is 0.941. The highest BCUT2D eigenvalue weighted by Crippen LogP contribution is 2.48. The summed E-state index contributed by atoms with van der Waals surface area (Å²) in [6.07, 6.45) is 24.2.